The Bertz CT molecular complexity index is 733. The van der Waals surface area contributed by atoms with E-state index in [1.807, 2.05) is 29.8 Å². The van der Waals surface area contributed by atoms with Crippen LogP contribution in [0.3, 0.4) is 0 Å². The standard InChI is InChI=1S/C15H18N6S/c1-10(2)14(16)13-8-21(20-19-13)7-11-9-22-15(18-11)12-5-3-4-6-17-12/h3-6,8-10,14H,7,16H2,1-2H3. The van der Waals surface area contributed by atoms with Gasteiger partial charge in [-0.3, -0.25) is 4.98 Å². The van der Waals surface area contributed by atoms with Gasteiger partial charge in [0.25, 0.3) is 0 Å². The number of pyridine rings is 1. The molecule has 22 heavy (non-hydrogen) atoms. The van der Waals surface area contributed by atoms with E-state index in [-0.39, 0.29) is 6.04 Å². The number of hydrogen-bond donors (Lipinski definition) is 1. The fourth-order valence-corrected chi connectivity index (χ4v) is 2.82. The van der Waals surface area contributed by atoms with Crippen molar-refractivity contribution >= 4 is 11.3 Å². The van der Waals surface area contributed by atoms with Gasteiger partial charge in [0.1, 0.15) is 5.01 Å². The van der Waals surface area contributed by atoms with Crippen molar-refractivity contribution in [2.75, 3.05) is 0 Å². The highest BCUT2D eigenvalue weighted by molar-refractivity contribution is 7.13. The molecule has 3 heterocycles. The van der Waals surface area contributed by atoms with Crippen molar-refractivity contribution in [3.63, 3.8) is 0 Å². The molecular weight excluding hydrogens is 296 g/mol. The molecular formula is C15H18N6S. The van der Waals surface area contributed by atoms with Crippen molar-refractivity contribution in [2.24, 2.45) is 11.7 Å². The zero-order chi connectivity index (χ0) is 15.5. The molecule has 0 spiro atoms. The lowest BCUT2D eigenvalue weighted by atomic mass is 10.0. The van der Waals surface area contributed by atoms with Crippen LogP contribution in [0.1, 0.15) is 31.3 Å². The second-order valence-electron chi connectivity index (χ2n) is 5.47. The Balaban J connectivity index is 1.73. The Labute approximate surface area is 133 Å². The molecule has 0 aliphatic carbocycles. The van der Waals surface area contributed by atoms with Gasteiger partial charge in [0.05, 0.1) is 35.9 Å². The van der Waals surface area contributed by atoms with Crippen molar-refractivity contribution in [3.8, 4) is 10.7 Å². The average molecular weight is 314 g/mol. The van der Waals surface area contributed by atoms with E-state index in [9.17, 15) is 0 Å². The lowest BCUT2D eigenvalue weighted by Gasteiger charge is -2.11. The van der Waals surface area contributed by atoms with Crippen LogP contribution in [-0.2, 0) is 6.54 Å². The number of nitrogens with two attached hydrogens (primary N) is 1. The summed E-state index contributed by atoms with van der Waals surface area (Å²) in [7, 11) is 0. The minimum Gasteiger partial charge on any atom is -0.322 e. The van der Waals surface area contributed by atoms with Gasteiger partial charge in [-0.2, -0.15) is 0 Å². The molecule has 0 saturated carbocycles. The van der Waals surface area contributed by atoms with Gasteiger partial charge in [-0.15, -0.1) is 16.4 Å². The summed E-state index contributed by atoms with van der Waals surface area (Å²) >= 11 is 1.58. The van der Waals surface area contributed by atoms with Gasteiger partial charge >= 0.3 is 0 Å². The fourth-order valence-electron chi connectivity index (χ4n) is 2.04. The normalized spacial score (nSPS) is 12.7. The number of rotatable bonds is 5. The van der Waals surface area contributed by atoms with Gasteiger partial charge in [0.15, 0.2) is 0 Å². The summed E-state index contributed by atoms with van der Waals surface area (Å²) in [4.78, 5) is 8.91. The lowest BCUT2D eigenvalue weighted by Crippen LogP contribution is -2.17. The summed E-state index contributed by atoms with van der Waals surface area (Å²) in [5.74, 6) is 0.334. The van der Waals surface area contributed by atoms with Crippen LogP contribution in [-0.4, -0.2) is 25.0 Å². The van der Waals surface area contributed by atoms with Crippen LogP contribution in [0.4, 0.5) is 0 Å². The van der Waals surface area contributed by atoms with E-state index in [4.69, 9.17) is 5.73 Å². The predicted octanol–water partition coefficient (Wildman–Crippen LogP) is 2.50. The first-order valence-electron chi connectivity index (χ1n) is 7.15. The highest BCUT2D eigenvalue weighted by atomic mass is 32.1. The van der Waals surface area contributed by atoms with Crippen molar-refractivity contribution < 1.29 is 0 Å². The molecule has 3 rings (SSSR count). The van der Waals surface area contributed by atoms with E-state index in [0.717, 1.165) is 22.1 Å². The molecule has 0 bridgehead atoms. The zero-order valence-corrected chi connectivity index (χ0v) is 13.4. The fraction of sp³-hybridized carbons (Fsp3) is 0.333. The maximum Gasteiger partial charge on any atom is 0.142 e. The topological polar surface area (TPSA) is 82.5 Å². The second kappa shape index (κ2) is 6.33. The van der Waals surface area contributed by atoms with E-state index in [1.165, 1.54) is 0 Å². The van der Waals surface area contributed by atoms with Crippen molar-refractivity contribution in [2.45, 2.75) is 26.4 Å². The van der Waals surface area contributed by atoms with Crippen LogP contribution in [0.25, 0.3) is 10.7 Å². The molecule has 7 heteroatoms. The average Bonchev–Trinajstić information content (AvgIpc) is 3.17. The summed E-state index contributed by atoms with van der Waals surface area (Å²) in [6.07, 6.45) is 3.66. The molecule has 114 valence electrons. The van der Waals surface area contributed by atoms with Crippen LogP contribution in [0, 0.1) is 5.92 Å². The molecule has 1 unspecified atom stereocenters. The Kier molecular flexibility index (Phi) is 4.26. The van der Waals surface area contributed by atoms with Gasteiger partial charge in [-0.05, 0) is 18.1 Å². The molecule has 3 aromatic heterocycles. The summed E-state index contributed by atoms with van der Waals surface area (Å²) in [5, 5.41) is 11.2. The van der Waals surface area contributed by atoms with E-state index in [1.54, 1.807) is 22.2 Å². The van der Waals surface area contributed by atoms with Crippen molar-refractivity contribution in [3.05, 3.63) is 47.4 Å². The van der Waals surface area contributed by atoms with Crippen LogP contribution in [0.5, 0.6) is 0 Å². The molecule has 3 aromatic rings. The molecule has 0 radical (unpaired) electrons. The Morgan fingerprint density at radius 1 is 1.32 bits per heavy atom. The third kappa shape index (κ3) is 3.20. The SMILES string of the molecule is CC(C)C(N)c1cn(Cc2csc(-c3ccccn3)n2)nn1. The van der Waals surface area contributed by atoms with Crippen LogP contribution in [0.2, 0.25) is 0 Å². The largest absolute Gasteiger partial charge is 0.322 e. The van der Waals surface area contributed by atoms with Gasteiger partial charge in [0.2, 0.25) is 0 Å². The van der Waals surface area contributed by atoms with Gasteiger partial charge in [-0.1, -0.05) is 25.1 Å². The molecule has 0 aliphatic rings. The first kappa shape index (κ1) is 14.8. The number of hydrogen-bond acceptors (Lipinski definition) is 6. The van der Waals surface area contributed by atoms with Crippen LogP contribution in [0.15, 0.2) is 36.0 Å². The molecule has 0 fully saturated rings. The van der Waals surface area contributed by atoms with Gasteiger partial charge in [-0.25, -0.2) is 9.67 Å². The third-order valence-electron chi connectivity index (χ3n) is 3.38. The summed E-state index contributed by atoms with van der Waals surface area (Å²) in [5.41, 5.74) is 8.74. The molecule has 0 amide bonds. The minimum atomic E-state index is -0.0896. The molecule has 2 N–H and O–H groups in total. The lowest BCUT2D eigenvalue weighted by molar-refractivity contribution is 0.502. The van der Waals surface area contributed by atoms with Crippen LogP contribution < -0.4 is 5.73 Å². The minimum absolute atomic E-state index is 0.0896. The quantitative estimate of drug-likeness (QED) is 0.782. The van der Waals surface area contributed by atoms with E-state index < -0.39 is 0 Å². The molecule has 0 aliphatic heterocycles. The van der Waals surface area contributed by atoms with E-state index >= 15 is 0 Å². The molecule has 0 saturated heterocycles. The van der Waals surface area contributed by atoms with E-state index in [2.05, 4.69) is 34.1 Å². The second-order valence-corrected chi connectivity index (χ2v) is 6.33. The monoisotopic (exact) mass is 314 g/mol. The smallest absolute Gasteiger partial charge is 0.142 e. The highest BCUT2D eigenvalue weighted by Gasteiger charge is 2.15. The van der Waals surface area contributed by atoms with Gasteiger partial charge in [0, 0.05) is 11.6 Å². The molecule has 0 aromatic carbocycles. The number of thiazole rings is 1. The Morgan fingerprint density at radius 3 is 2.91 bits per heavy atom. The summed E-state index contributed by atoms with van der Waals surface area (Å²) in [6.45, 7) is 4.73. The van der Waals surface area contributed by atoms with Gasteiger partial charge < -0.3 is 5.73 Å². The first-order valence-corrected chi connectivity index (χ1v) is 8.03. The van der Waals surface area contributed by atoms with Crippen molar-refractivity contribution in [1.29, 1.82) is 0 Å². The molecule has 6 nitrogen and oxygen atoms in total. The third-order valence-corrected chi connectivity index (χ3v) is 4.29. The van der Waals surface area contributed by atoms with Crippen LogP contribution >= 0.6 is 11.3 Å². The zero-order valence-electron chi connectivity index (χ0n) is 12.5. The maximum atomic E-state index is 6.09. The first-order chi connectivity index (χ1) is 10.6. The Morgan fingerprint density at radius 2 is 2.18 bits per heavy atom. The highest BCUT2D eigenvalue weighted by Crippen LogP contribution is 2.22. The van der Waals surface area contributed by atoms with Crippen molar-refractivity contribution in [1.82, 2.24) is 25.0 Å². The number of aromatic nitrogens is 5. The van der Waals surface area contributed by atoms with E-state index in [0.29, 0.717) is 12.5 Å². The molecule has 1 atom stereocenters. The predicted molar refractivity (Wildman–Crippen MR) is 86.2 cm³/mol. The summed E-state index contributed by atoms with van der Waals surface area (Å²) < 4.78 is 1.77. The Hall–Kier alpha value is -2.12. The maximum absolute atomic E-state index is 6.09. The number of nitrogens with zero attached hydrogens (tertiary/aromatic N) is 5. The summed E-state index contributed by atoms with van der Waals surface area (Å²) in [6, 6.07) is 5.72.